The van der Waals surface area contributed by atoms with Crippen LogP contribution in [0, 0.1) is 0 Å². The number of halogens is 1. The summed E-state index contributed by atoms with van der Waals surface area (Å²) >= 11 is 3.40. The van der Waals surface area contributed by atoms with Crippen LogP contribution in [0.4, 0.5) is 5.69 Å². The van der Waals surface area contributed by atoms with Crippen LogP contribution in [0.3, 0.4) is 0 Å². The summed E-state index contributed by atoms with van der Waals surface area (Å²) < 4.78 is 5.60. The molecule has 0 aliphatic rings. The summed E-state index contributed by atoms with van der Waals surface area (Å²) in [5.74, 6) is -0.347. The van der Waals surface area contributed by atoms with Crippen molar-refractivity contribution in [2.24, 2.45) is 0 Å². The minimum Gasteiger partial charge on any atom is -0.463 e. The highest BCUT2D eigenvalue weighted by atomic mass is 79.9. The Kier molecular flexibility index (Phi) is 6.22. The molecule has 0 aliphatic heterocycles. The first kappa shape index (κ1) is 16.3. The lowest BCUT2D eigenvalue weighted by atomic mass is 10.2. The molecule has 0 radical (unpaired) electrons. The predicted molar refractivity (Wildman–Crippen MR) is 93.7 cm³/mol. The van der Waals surface area contributed by atoms with Gasteiger partial charge in [0.15, 0.2) is 0 Å². The summed E-state index contributed by atoms with van der Waals surface area (Å²) in [6, 6.07) is 18.1. The van der Waals surface area contributed by atoms with Crippen LogP contribution in [-0.2, 0) is 16.1 Å². The van der Waals surface area contributed by atoms with Gasteiger partial charge in [0.2, 0.25) is 0 Å². The third-order valence-corrected chi connectivity index (χ3v) is 3.72. The number of hydrogen-bond donors (Lipinski definition) is 1. The smallest absolute Gasteiger partial charge is 0.331 e. The minimum atomic E-state index is -0.347. The van der Waals surface area contributed by atoms with Crippen molar-refractivity contribution in [2.75, 3.05) is 11.9 Å². The Morgan fingerprint density at radius 2 is 1.82 bits per heavy atom. The minimum absolute atomic E-state index is 0.347. The van der Waals surface area contributed by atoms with Gasteiger partial charge in [-0.1, -0.05) is 42.5 Å². The van der Waals surface area contributed by atoms with Crippen LogP contribution >= 0.6 is 15.9 Å². The van der Waals surface area contributed by atoms with E-state index in [0.717, 1.165) is 17.8 Å². The van der Waals surface area contributed by atoms with Crippen LogP contribution in [-0.4, -0.2) is 12.6 Å². The molecule has 0 amide bonds. The van der Waals surface area contributed by atoms with E-state index < -0.39 is 0 Å². The molecule has 0 saturated carbocycles. The fourth-order valence-electron chi connectivity index (χ4n) is 1.92. The SMILES string of the molecule is CCOC(=O)C=C(Br)c1ccc(NCc2ccccc2)cc1. The van der Waals surface area contributed by atoms with Gasteiger partial charge in [0.05, 0.1) is 6.61 Å². The lowest BCUT2D eigenvalue weighted by molar-refractivity contribution is -0.137. The number of carbonyl (C=O) groups excluding carboxylic acids is 1. The van der Waals surface area contributed by atoms with Gasteiger partial charge >= 0.3 is 5.97 Å². The molecule has 0 unspecified atom stereocenters. The van der Waals surface area contributed by atoms with Crippen LogP contribution in [0.2, 0.25) is 0 Å². The first-order chi connectivity index (χ1) is 10.7. The Balaban J connectivity index is 1.96. The molecule has 1 N–H and O–H groups in total. The van der Waals surface area contributed by atoms with Crippen molar-refractivity contribution < 1.29 is 9.53 Å². The zero-order chi connectivity index (χ0) is 15.8. The predicted octanol–water partition coefficient (Wildman–Crippen LogP) is 4.60. The highest BCUT2D eigenvalue weighted by molar-refractivity contribution is 9.15. The van der Waals surface area contributed by atoms with E-state index in [-0.39, 0.29) is 5.97 Å². The van der Waals surface area contributed by atoms with E-state index >= 15 is 0 Å². The van der Waals surface area contributed by atoms with Gasteiger partial charge in [0.1, 0.15) is 0 Å². The number of rotatable bonds is 6. The summed E-state index contributed by atoms with van der Waals surface area (Å²) in [6.07, 6.45) is 1.44. The van der Waals surface area contributed by atoms with Crippen LogP contribution in [0.1, 0.15) is 18.1 Å². The normalized spacial score (nSPS) is 11.1. The van der Waals surface area contributed by atoms with Gasteiger partial charge in [-0.05, 0) is 46.1 Å². The van der Waals surface area contributed by atoms with Crippen molar-refractivity contribution in [1.29, 1.82) is 0 Å². The number of carbonyl (C=O) groups is 1. The Bertz CT molecular complexity index is 636. The highest BCUT2D eigenvalue weighted by Crippen LogP contribution is 2.23. The molecule has 0 aliphatic carbocycles. The Morgan fingerprint density at radius 3 is 2.45 bits per heavy atom. The first-order valence-electron chi connectivity index (χ1n) is 7.11. The van der Waals surface area contributed by atoms with E-state index in [0.29, 0.717) is 11.1 Å². The number of nitrogens with one attached hydrogen (secondary N) is 1. The maximum atomic E-state index is 11.4. The maximum absolute atomic E-state index is 11.4. The topological polar surface area (TPSA) is 38.3 Å². The van der Waals surface area contributed by atoms with Gasteiger partial charge < -0.3 is 10.1 Å². The molecule has 114 valence electrons. The van der Waals surface area contributed by atoms with Crippen LogP contribution < -0.4 is 5.32 Å². The van der Waals surface area contributed by atoms with Crippen LogP contribution in [0.5, 0.6) is 0 Å². The van der Waals surface area contributed by atoms with Gasteiger partial charge in [0.25, 0.3) is 0 Å². The monoisotopic (exact) mass is 359 g/mol. The molecule has 2 aromatic carbocycles. The Hall–Kier alpha value is -2.07. The molecule has 0 heterocycles. The van der Waals surface area contributed by atoms with Crippen LogP contribution in [0.25, 0.3) is 4.48 Å². The average molecular weight is 360 g/mol. The molecular formula is C18H18BrNO2. The maximum Gasteiger partial charge on any atom is 0.331 e. The van der Waals surface area contributed by atoms with E-state index in [1.165, 1.54) is 11.6 Å². The van der Waals surface area contributed by atoms with Gasteiger partial charge in [-0.2, -0.15) is 0 Å². The second-order valence-corrected chi connectivity index (χ2v) is 5.52. The van der Waals surface area contributed by atoms with Gasteiger partial charge in [-0.25, -0.2) is 4.79 Å². The second kappa shape index (κ2) is 8.39. The van der Waals surface area contributed by atoms with E-state index in [4.69, 9.17) is 4.74 Å². The fourth-order valence-corrected chi connectivity index (χ4v) is 2.37. The number of esters is 1. The molecule has 0 aromatic heterocycles. The number of benzene rings is 2. The molecule has 4 heteroatoms. The highest BCUT2D eigenvalue weighted by Gasteiger charge is 2.03. The zero-order valence-corrected chi connectivity index (χ0v) is 14.0. The molecular weight excluding hydrogens is 342 g/mol. The van der Waals surface area contributed by atoms with Crippen LogP contribution in [0.15, 0.2) is 60.7 Å². The molecule has 0 atom stereocenters. The van der Waals surface area contributed by atoms with Crippen molar-refractivity contribution >= 4 is 32.1 Å². The molecule has 0 saturated heterocycles. The molecule has 2 rings (SSSR count). The number of hydrogen-bond acceptors (Lipinski definition) is 3. The van der Waals surface area contributed by atoms with E-state index in [1.54, 1.807) is 6.92 Å². The number of ether oxygens (including phenoxy) is 1. The van der Waals surface area contributed by atoms with Gasteiger partial charge in [-0.3, -0.25) is 0 Å². The van der Waals surface area contributed by atoms with Crippen molar-refractivity contribution in [3.05, 3.63) is 71.8 Å². The number of anilines is 1. The second-order valence-electron chi connectivity index (χ2n) is 4.66. The Labute approximate surface area is 139 Å². The van der Waals surface area contributed by atoms with Crippen molar-refractivity contribution in [3.8, 4) is 0 Å². The third kappa shape index (κ3) is 5.04. The lowest BCUT2D eigenvalue weighted by Gasteiger charge is -2.07. The molecule has 2 aromatic rings. The average Bonchev–Trinajstić information content (AvgIpc) is 2.54. The third-order valence-electron chi connectivity index (χ3n) is 3.03. The summed E-state index contributed by atoms with van der Waals surface area (Å²) in [7, 11) is 0. The summed E-state index contributed by atoms with van der Waals surface area (Å²) in [5, 5.41) is 3.36. The zero-order valence-electron chi connectivity index (χ0n) is 12.4. The van der Waals surface area contributed by atoms with E-state index in [1.807, 2.05) is 42.5 Å². The first-order valence-corrected chi connectivity index (χ1v) is 7.90. The largest absolute Gasteiger partial charge is 0.463 e. The molecule has 3 nitrogen and oxygen atoms in total. The molecule has 0 spiro atoms. The van der Waals surface area contributed by atoms with Crippen molar-refractivity contribution in [1.82, 2.24) is 0 Å². The lowest BCUT2D eigenvalue weighted by Crippen LogP contribution is -2.00. The summed E-state index contributed by atoms with van der Waals surface area (Å²) in [4.78, 5) is 11.4. The van der Waals surface area contributed by atoms with Gasteiger partial charge in [0, 0.05) is 22.8 Å². The quantitative estimate of drug-likeness (QED) is 0.605. The fraction of sp³-hybridized carbons (Fsp3) is 0.167. The molecule has 22 heavy (non-hydrogen) atoms. The summed E-state index contributed by atoms with van der Waals surface area (Å²) in [6.45, 7) is 2.94. The molecule has 0 bridgehead atoms. The standard InChI is InChI=1S/C18H18BrNO2/c1-2-22-18(21)12-17(19)15-8-10-16(11-9-15)20-13-14-6-4-3-5-7-14/h3-12,20H,2,13H2,1H3. The Morgan fingerprint density at radius 1 is 1.14 bits per heavy atom. The molecule has 0 fully saturated rings. The van der Waals surface area contributed by atoms with Gasteiger partial charge in [-0.15, -0.1) is 0 Å². The van der Waals surface area contributed by atoms with Crippen molar-refractivity contribution in [2.45, 2.75) is 13.5 Å². The summed E-state index contributed by atoms with van der Waals surface area (Å²) in [5.41, 5.74) is 3.19. The van der Waals surface area contributed by atoms with E-state index in [9.17, 15) is 4.79 Å². The van der Waals surface area contributed by atoms with E-state index in [2.05, 4.69) is 33.4 Å². The van der Waals surface area contributed by atoms with Crippen molar-refractivity contribution in [3.63, 3.8) is 0 Å².